The Morgan fingerprint density at radius 3 is 2.69 bits per heavy atom. The summed E-state index contributed by atoms with van der Waals surface area (Å²) in [5, 5.41) is 29.8. The molecule has 2 aliphatic rings. The summed E-state index contributed by atoms with van der Waals surface area (Å²) in [4.78, 5) is 2.11. The largest absolute Gasteiger partial charge is 0.391 e. The fraction of sp³-hybridized carbons (Fsp3) is 0.833. The van der Waals surface area contributed by atoms with Crippen LogP contribution < -0.4 is 0 Å². The maximum atomic E-state index is 10.0. The van der Waals surface area contributed by atoms with Crippen LogP contribution >= 0.6 is 0 Å². The Hall–Kier alpha value is -0.420. The molecule has 4 heteroatoms. The molecule has 2 aliphatic heterocycles. The molecule has 3 N–H and O–H groups in total. The van der Waals surface area contributed by atoms with Gasteiger partial charge in [0.05, 0.1) is 24.4 Å². The normalized spacial score (nSPS) is 44.3. The second-order valence-corrected chi connectivity index (χ2v) is 4.95. The summed E-state index contributed by atoms with van der Waals surface area (Å²) in [5.41, 5.74) is 0. The van der Waals surface area contributed by atoms with Gasteiger partial charge in [-0.2, -0.15) is 0 Å². The number of hydrogen-bond acceptors (Lipinski definition) is 4. The molecule has 0 spiro atoms. The average molecular weight is 227 g/mol. The molecule has 0 aromatic carbocycles. The van der Waals surface area contributed by atoms with Crippen molar-refractivity contribution in [3.8, 4) is 0 Å². The van der Waals surface area contributed by atoms with E-state index in [-0.39, 0.29) is 12.0 Å². The van der Waals surface area contributed by atoms with Crippen molar-refractivity contribution in [3.63, 3.8) is 0 Å². The first-order valence-electron chi connectivity index (χ1n) is 6.04. The maximum absolute atomic E-state index is 10.0. The highest BCUT2D eigenvalue weighted by atomic mass is 16.3. The molecular formula is C12H21NO3. The highest BCUT2D eigenvalue weighted by Crippen LogP contribution is 2.32. The van der Waals surface area contributed by atoms with Crippen molar-refractivity contribution >= 4 is 0 Å². The molecule has 0 aromatic heterocycles. The fourth-order valence-corrected chi connectivity index (χ4v) is 3.00. The van der Waals surface area contributed by atoms with Crippen LogP contribution in [0.4, 0.5) is 0 Å². The predicted molar refractivity (Wildman–Crippen MR) is 60.9 cm³/mol. The average Bonchev–Trinajstić information content (AvgIpc) is 2.63. The zero-order valence-corrected chi connectivity index (χ0v) is 9.50. The fourth-order valence-electron chi connectivity index (χ4n) is 3.00. The molecular weight excluding hydrogens is 206 g/mol. The molecule has 2 fully saturated rings. The monoisotopic (exact) mass is 227 g/mol. The van der Waals surface area contributed by atoms with Gasteiger partial charge in [0.15, 0.2) is 0 Å². The van der Waals surface area contributed by atoms with Gasteiger partial charge in [-0.3, -0.25) is 4.90 Å². The van der Waals surface area contributed by atoms with Gasteiger partial charge in [-0.1, -0.05) is 6.08 Å². The van der Waals surface area contributed by atoms with Crippen LogP contribution in [0.1, 0.15) is 19.3 Å². The number of aliphatic hydroxyl groups is 3. The zero-order valence-electron chi connectivity index (χ0n) is 9.50. The molecule has 4 nitrogen and oxygen atoms in total. The Kier molecular flexibility index (Phi) is 3.64. The highest BCUT2D eigenvalue weighted by molar-refractivity contribution is 5.01. The summed E-state index contributed by atoms with van der Waals surface area (Å²) in [7, 11) is 0. The van der Waals surface area contributed by atoms with E-state index in [0.717, 1.165) is 25.9 Å². The number of hydrogen-bond donors (Lipinski definition) is 3. The SMILES string of the molecule is C=CCC[C@H]1CN2CC[C@H](O)[C@@H]2[C@@H](O)[C@@H]1O. The van der Waals surface area contributed by atoms with Gasteiger partial charge in [0.1, 0.15) is 0 Å². The smallest absolute Gasteiger partial charge is 0.0982 e. The van der Waals surface area contributed by atoms with Gasteiger partial charge < -0.3 is 15.3 Å². The lowest BCUT2D eigenvalue weighted by Crippen LogP contribution is -2.59. The van der Waals surface area contributed by atoms with E-state index < -0.39 is 18.3 Å². The van der Waals surface area contributed by atoms with E-state index in [0.29, 0.717) is 6.42 Å². The number of allylic oxidation sites excluding steroid dienone is 1. The third-order valence-corrected chi connectivity index (χ3v) is 3.92. The second-order valence-electron chi connectivity index (χ2n) is 4.95. The molecule has 2 rings (SSSR count). The van der Waals surface area contributed by atoms with Crippen LogP contribution in [0.3, 0.4) is 0 Å². The van der Waals surface area contributed by atoms with Gasteiger partial charge in [-0.25, -0.2) is 0 Å². The van der Waals surface area contributed by atoms with Crippen LogP contribution in [0.25, 0.3) is 0 Å². The molecule has 16 heavy (non-hydrogen) atoms. The number of piperidine rings is 1. The van der Waals surface area contributed by atoms with Crippen molar-refractivity contribution in [2.24, 2.45) is 5.92 Å². The van der Waals surface area contributed by atoms with Crippen LogP contribution in [0, 0.1) is 5.92 Å². The van der Waals surface area contributed by atoms with E-state index in [9.17, 15) is 15.3 Å². The minimum Gasteiger partial charge on any atom is -0.391 e. The van der Waals surface area contributed by atoms with Crippen LogP contribution in [0.5, 0.6) is 0 Å². The van der Waals surface area contributed by atoms with Crippen LogP contribution in [-0.4, -0.2) is 57.7 Å². The standard InChI is InChI=1S/C12H21NO3/c1-2-3-4-8-7-13-6-5-9(14)10(13)12(16)11(8)15/h2,8-12,14-16H,1,3-7H2/t8-,9-,10+,11+,12+/m0/s1. The third kappa shape index (κ3) is 2.02. The summed E-state index contributed by atoms with van der Waals surface area (Å²) in [6, 6.07) is -0.269. The van der Waals surface area contributed by atoms with Crippen LogP contribution in [-0.2, 0) is 0 Å². The molecule has 0 radical (unpaired) electrons. The van der Waals surface area contributed by atoms with E-state index in [1.807, 2.05) is 6.08 Å². The Balaban J connectivity index is 2.03. The van der Waals surface area contributed by atoms with Gasteiger partial charge in [0.25, 0.3) is 0 Å². The minimum atomic E-state index is -0.818. The predicted octanol–water partition coefficient (Wildman–Crippen LogP) is -0.261. The van der Waals surface area contributed by atoms with Gasteiger partial charge in [-0.05, 0) is 19.3 Å². The van der Waals surface area contributed by atoms with E-state index in [2.05, 4.69) is 11.5 Å². The van der Waals surface area contributed by atoms with E-state index in [1.165, 1.54) is 0 Å². The Morgan fingerprint density at radius 2 is 2.00 bits per heavy atom. The summed E-state index contributed by atoms with van der Waals surface area (Å²) in [5.74, 6) is 0.0922. The summed E-state index contributed by atoms with van der Waals surface area (Å²) in [6.45, 7) is 5.26. The lowest BCUT2D eigenvalue weighted by molar-refractivity contribution is -0.115. The van der Waals surface area contributed by atoms with Crippen molar-refractivity contribution in [3.05, 3.63) is 12.7 Å². The Labute approximate surface area is 96.2 Å². The quantitative estimate of drug-likeness (QED) is 0.581. The van der Waals surface area contributed by atoms with Crippen molar-refractivity contribution in [1.29, 1.82) is 0 Å². The molecule has 0 saturated carbocycles. The van der Waals surface area contributed by atoms with E-state index in [1.54, 1.807) is 0 Å². The molecule has 0 bridgehead atoms. The first-order valence-corrected chi connectivity index (χ1v) is 6.04. The summed E-state index contributed by atoms with van der Waals surface area (Å²) >= 11 is 0. The van der Waals surface area contributed by atoms with Gasteiger partial charge in [0.2, 0.25) is 0 Å². The van der Waals surface area contributed by atoms with Crippen LogP contribution in [0.2, 0.25) is 0 Å². The van der Waals surface area contributed by atoms with Gasteiger partial charge >= 0.3 is 0 Å². The molecule has 0 amide bonds. The Morgan fingerprint density at radius 1 is 1.25 bits per heavy atom. The van der Waals surface area contributed by atoms with Crippen molar-refractivity contribution in [2.75, 3.05) is 13.1 Å². The first kappa shape index (κ1) is 12.0. The molecule has 0 aromatic rings. The second kappa shape index (κ2) is 4.84. The van der Waals surface area contributed by atoms with Gasteiger partial charge in [-0.15, -0.1) is 6.58 Å². The molecule has 2 heterocycles. The van der Waals surface area contributed by atoms with E-state index >= 15 is 0 Å². The third-order valence-electron chi connectivity index (χ3n) is 3.92. The lowest BCUT2D eigenvalue weighted by Gasteiger charge is -2.43. The number of fused-ring (bicyclic) bond motifs is 1. The number of rotatable bonds is 3. The van der Waals surface area contributed by atoms with Crippen molar-refractivity contribution < 1.29 is 15.3 Å². The highest BCUT2D eigenvalue weighted by Gasteiger charge is 2.47. The number of aliphatic hydroxyl groups excluding tert-OH is 3. The van der Waals surface area contributed by atoms with Crippen molar-refractivity contribution in [1.82, 2.24) is 4.90 Å². The Bertz CT molecular complexity index is 259. The topological polar surface area (TPSA) is 63.9 Å². The van der Waals surface area contributed by atoms with Crippen LogP contribution in [0.15, 0.2) is 12.7 Å². The maximum Gasteiger partial charge on any atom is 0.0982 e. The first-order chi connectivity index (χ1) is 7.65. The minimum absolute atomic E-state index is 0.0922. The van der Waals surface area contributed by atoms with E-state index in [4.69, 9.17) is 0 Å². The van der Waals surface area contributed by atoms with Crippen molar-refractivity contribution in [2.45, 2.75) is 43.6 Å². The molecule has 5 atom stereocenters. The molecule has 0 unspecified atom stereocenters. The summed E-state index contributed by atoms with van der Waals surface area (Å²) < 4.78 is 0. The zero-order chi connectivity index (χ0) is 11.7. The lowest BCUT2D eigenvalue weighted by atomic mass is 9.84. The van der Waals surface area contributed by atoms with Gasteiger partial charge in [0, 0.05) is 19.0 Å². The number of nitrogens with zero attached hydrogens (tertiary/aromatic N) is 1. The molecule has 2 saturated heterocycles. The summed E-state index contributed by atoms with van der Waals surface area (Å²) in [6.07, 6.45) is 2.21. The molecule has 0 aliphatic carbocycles. The molecule has 92 valence electrons.